The molecule has 0 atom stereocenters. The molecule has 0 aliphatic heterocycles. The van der Waals surface area contributed by atoms with Crippen LogP contribution in [0.25, 0.3) is 11.5 Å². The highest BCUT2D eigenvalue weighted by atomic mass is 35.5. The normalized spacial score (nSPS) is 11.5. The predicted molar refractivity (Wildman–Crippen MR) is 82.6 cm³/mol. The summed E-state index contributed by atoms with van der Waals surface area (Å²) in [4.78, 5) is 0. The van der Waals surface area contributed by atoms with Gasteiger partial charge in [0.15, 0.2) is 5.69 Å². The predicted octanol–water partition coefficient (Wildman–Crippen LogP) is 4.86. The van der Waals surface area contributed by atoms with Gasteiger partial charge in [-0.25, -0.2) is 4.68 Å². The van der Waals surface area contributed by atoms with Gasteiger partial charge in [-0.2, -0.15) is 23.5 Å². The molecule has 1 aromatic carbocycles. The van der Waals surface area contributed by atoms with Crippen LogP contribution in [0.15, 0.2) is 42.7 Å². The fourth-order valence-corrected chi connectivity index (χ4v) is 2.84. The van der Waals surface area contributed by atoms with Gasteiger partial charge in [0.25, 0.3) is 0 Å². The zero-order valence-electron chi connectivity index (χ0n) is 11.7. The summed E-state index contributed by atoms with van der Waals surface area (Å²) in [6.45, 7) is 0. The van der Waals surface area contributed by atoms with E-state index < -0.39 is 11.7 Å². The molecule has 0 unspecified atom stereocenters. The van der Waals surface area contributed by atoms with Gasteiger partial charge in [-0.15, -0.1) is 0 Å². The highest BCUT2D eigenvalue weighted by Crippen LogP contribution is 2.38. The highest BCUT2D eigenvalue weighted by molar-refractivity contribution is 6.37. The van der Waals surface area contributed by atoms with E-state index in [1.807, 2.05) is 6.07 Å². The molecule has 0 saturated heterocycles. The maximum absolute atomic E-state index is 12.9. The van der Waals surface area contributed by atoms with E-state index in [2.05, 4.69) is 5.10 Å². The number of hydrogen-bond donors (Lipinski definition) is 0. The van der Waals surface area contributed by atoms with E-state index >= 15 is 0 Å². The zero-order chi connectivity index (χ0) is 17.5. The Morgan fingerprint density at radius 1 is 1.04 bits per heavy atom. The van der Waals surface area contributed by atoms with E-state index in [0.717, 1.165) is 12.1 Å². The lowest BCUT2D eigenvalue weighted by molar-refractivity contribution is -0.137. The van der Waals surface area contributed by atoms with Crippen LogP contribution in [0.2, 0.25) is 10.0 Å². The first-order valence-corrected chi connectivity index (χ1v) is 7.27. The molecule has 0 radical (unpaired) electrons. The molecular formula is C15H7Cl2F3N4. The van der Waals surface area contributed by atoms with Crippen LogP contribution in [0.1, 0.15) is 11.3 Å². The standard InChI is InChI=1S/C15H7Cl2F3N4/c16-11-5-9(15(18,19)20)6-12(17)14(11)24-13(7-10(8-21)22-24)23-3-1-2-4-23/h1-7H. The van der Waals surface area contributed by atoms with Crippen LogP contribution in [0.3, 0.4) is 0 Å². The topological polar surface area (TPSA) is 46.5 Å². The van der Waals surface area contributed by atoms with E-state index in [4.69, 9.17) is 28.5 Å². The molecule has 24 heavy (non-hydrogen) atoms. The molecule has 4 nitrogen and oxygen atoms in total. The van der Waals surface area contributed by atoms with Crippen LogP contribution in [-0.4, -0.2) is 14.3 Å². The average Bonchev–Trinajstić information content (AvgIpc) is 3.14. The van der Waals surface area contributed by atoms with E-state index in [0.29, 0.717) is 5.82 Å². The zero-order valence-corrected chi connectivity index (χ0v) is 13.2. The van der Waals surface area contributed by atoms with Crippen LogP contribution in [0.5, 0.6) is 0 Å². The summed E-state index contributed by atoms with van der Waals surface area (Å²) in [5.41, 5.74) is -0.821. The lowest BCUT2D eigenvalue weighted by Crippen LogP contribution is -2.09. The Bertz CT molecular complexity index is 914. The molecule has 2 aromatic heterocycles. The van der Waals surface area contributed by atoms with Crippen molar-refractivity contribution >= 4 is 23.2 Å². The number of hydrogen-bond acceptors (Lipinski definition) is 2. The minimum atomic E-state index is -4.57. The molecule has 9 heteroatoms. The molecule has 0 saturated carbocycles. The first-order valence-electron chi connectivity index (χ1n) is 6.51. The quantitative estimate of drug-likeness (QED) is 0.646. The van der Waals surface area contributed by atoms with Crippen LogP contribution in [-0.2, 0) is 6.18 Å². The molecule has 0 amide bonds. The molecule has 0 spiro atoms. The van der Waals surface area contributed by atoms with Crippen molar-refractivity contribution in [2.75, 3.05) is 0 Å². The van der Waals surface area contributed by atoms with Gasteiger partial charge in [0.05, 0.1) is 15.6 Å². The average molecular weight is 371 g/mol. The Morgan fingerprint density at radius 2 is 1.62 bits per heavy atom. The largest absolute Gasteiger partial charge is 0.416 e. The van der Waals surface area contributed by atoms with Crippen molar-refractivity contribution in [1.82, 2.24) is 14.3 Å². The number of aromatic nitrogens is 3. The Labute approximate surface area is 144 Å². The Hall–Kier alpha value is -2.43. The van der Waals surface area contributed by atoms with Gasteiger partial charge in [0.2, 0.25) is 0 Å². The lowest BCUT2D eigenvalue weighted by Gasteiger charge is -2.14. The van der Waals surface area contributed by atoms with Gasteiger partial charge in [-0.3, -0.25) is 0 Å². The molecule has 0 aliphatic rings. The van der Waals surface area contributed by atoms with Gasteiger partial charge < -0.3 is 4.57 Å². The number of benzene rings is 1. The van der Waals surface area contributed by atoms with Crippen LogP contribution >= 0.6 is 23.2 Å². The molecular weight excluding hydrogens is 364 g/mol. The molecule has 3 rings (SSSR count). The highest BCUT2D eigenvalue weighted by Gasteiger charge is 2.32. The van der Waals surface area contributed by atoms with Crippen molar-refractivity contribution in [1.29, 1.82) is 5.26 Å². The van der Waals surface area contributed by atoms with E-state index in [9.17, 15) is 13.2 Å². The van der Waals surface area contributed by atoms with Crippen molar-refractivity contribution in [2.24, 2.45) is 0 Å². The number of halogens is 5. The Morgan fingerprint density at radius 3 is 2.12 bits per heavy atom. The van der Waals surface area contributed by atoms with Gasteiger partial charge in [0.1, 0.15) is 17.6 Å². The number of rotatable bonds is 2. The lowest BCUT2D eigenvalue weighted by atomic mass is 10.2. The fraction of sp³-hybridized carbons (Fsp3) is 0.0667. The van der Waals surface area contributed by atoms with Crippen molar-refractivity contribution in [2.45, 2.75) is 6.18 Å². The second-order valence-electron chi connectivity index (χ2n) is 4.79. The number of alkyl halides is 3. The first-order chi connectivity index (χ1) is 11.3. The summed E-state index contributed by atoms with van der Waals surface area (Å²) in [6.07, 6.45) is -1.18. The monoisotopic (exact) mass is 370 g/mol. The Kier molecular flexibility index (Phi) is 4.03. The maximum atomic E-state index is 12.9. The SMILES string of the molecule is N#Cc1cc(-n2cccc2)n(-c2c(Cl)cc(C(F)(F)F)cc2Cl)n1. The molecule has 0 bridgehead atoms. The summed E-state index contributed by atoms with van der Waals surface area (Å²) >= 11 is 12.0. The summed E-state index contributed by atoms with van der Waals surface area (Å²) in [5, 5.41) is 12.7. The van der Waals surface area contributed by atoms with Gasteiger partial charge in [-0.1, -0.05) is 23.2 Å². The smallest absolute Gasteiger partial charge is 0.309 e. The molecule has 0 aliphatic carbocycles. The number of nitrogens with zero attached hydrogens (tertiary/aromatic N) is 4. The van der Waals surface area contributed by atoms with Gasteiger partial charge in [0, 0.05) is 18.5 Å². The van der Waals surface area contributed by atoms with Gasteiger partial charge in [-0.05, 0) is 24.3 Å². The van der Waals surface area contributed by atoms with E-state index in [1.54, 1.807) is 29.1 Å². The number of nitriles is 1. The first kappa shape index (κ1) is 16.4. The van der Waals surface area contributed by atoms with Crippen molar-refractivity contribution < 1.29 is 13.2 Å². The summed E-state index contributed by atoms with van der Waals surface area (Å²) in [6, 6.07) is 8.41. The summed E-state index contributed by atoms with van der Waals surface area (Å²) < 4.78 is 41.4. The van der Waals surface area contributed by atoms with Crippen molar-refractivity contribution in [3.05, 3.63) is 64.0 Å². The summed E-state index contributed by atoms with van der Waals surface area (Å²) in [7, 11) is 0. The summed E-state index contributed by atoms with van der Waals surface area (Å²) in [5.74, 6) is 0.417. The molecule has 0 fully saturated rings. The molecule has 2 heterocycles. The van der Waals surface area contributed by atoms with Gasteiger partial charge >= 0.3 is 6.18 Å². The minimum Gasteiger partial charge on any atom is -0.309 e. The van der Waals surface area contributed by atoms with Crippen molar-refractivity contribution in [3.63, 3.8) is 0 Å². The van der Waals surface area contributed by atoms with Crippen LogP contribution < -0.4 is 0 Å². The fourth-order valence-electron chi connectivity index (χ4n) is 2.19. The second-order valence-corrected chi connectivity index (χ2v) is 5.60. The molecule has 122 valence electrons. The second kappa shape index (κ2) is 5.89. The third-order valence-corrected chi connectivity index (χ3v) is 3.81. The minimum absolute atomic E-state index is 0.0662. The van der Waals surface area contributed by atoms with Crippen molar-refractivity contribution in [3.8, 4) is 17.6 Å². The molecule has 0 N–H and O–H groups in total. The van der Waals surface area contributed by atoms with Crippen LogP contribution in [0.4, 0.5) is 13.2 Å². The maximum Gasteiger partial charge on any atom is 0.416 e. The molecule has 3 aromatic rings. The third-order valence-electron chi connectivity index (χ3n) is 3.23. The Balaban J connectivity index is 2.24. The third kappa shape index (κ3) is 2.86. The van der Waals surface area contributed by atoms with E-state index in [-0.39, 0.29) is 21.4 Å². The van der Waals surface area contributed by atoms with Crippen LogP contribution in [0, 0.1) is 11.3 Å². The van der Waals surface area contributed by atoms with E-state index in [1.165, 1.54) is 10.7 Å².